The fourth-order valence-electron chi connectivity index (χ4n) is 4.39. The van der Waals surface area contributed by atoms with Gasteiger partial charge in [-0.25, -0.2) is 8.42 Å². The quantitative estimate of drug-likeness (QED) is 0.618. The molecule has 0 unspecified atom stereocenters. The highest BCUT2D eigenvalue weighted by atomic mass is 35.5. The molecule has 0 bridgehead atoms. The van der Waals surface area contributed by atoms with E-state index >= 15 is 0 Å². The number of nitrogens with two attached hydrogens (primary N) is 1. The Morgan fingerprint density at radius 1 is 1.09 bits per heavy atom. The minimum atomic E-state index is -3.62. The summed E-state index contributed by atoms with van der Waals surface area (Å²) in [4.78, 5) is 26.7. The first-order chi connectivity index (χ1) is 15.8. The number of hydrogen-bond donors (Lipinski definition) is 2. The Morgan fingerprint density at radius 3 is 2.48 bits per heavy atom. The van der Waals surface area contributed by atoms with Crippen molar-refractivity contribution in [2.24, 2.45) is 5.73 Å². The molecule has 2 aliphatic heterocycles. The van der Waals surface area contributed by atoms with Crippen molar-refractivity contribution < 1.29 is 18.0 Å². The van der Waals surface area contributed by atoms with Gasteiger partial charge >= 0.3 is 0 Å². The van der Waals surface area contributed by atoms with Crippen molar-refractivity contribution in [2.45, 2.75) is 43.2 Å². The minimum absolute atomic E-state index is 0.102. The van der Waals surface area contributed by atoms with E-state index in [-0.39, 0.29) is 27.9 Å². The van der Waals surface area contributed by atoms with Gasteiger partial charge in [-0.15, -0.1) is 0 Å². The molecule has 0 aromatic heterocycles. The van der Waals surface area contributed by atoms with Gasteiger partial charge < -0.3 is 11.1 Å². The molecule has 4 rings (SSSR count). The smallest absolute Gasteiger partial charge is 0.243 e. The van der Waals surface area contributed by atoms with Crippen molar-refractivity contribution in [3.63, 3.8) is 0 Å². The third kappa shape index (κ3) is 5.22. The number of fused-ring (bicyclic) bond motifs is 1. The molecule has 8 nitrogen and oxygen atoms in total. The van der Waals surface area contributed by atoms with Crippen molar-refractivity contribution in [3.05, 3.63) is 58.6 Å². The van der Waals surface area contributed by atoms with Crippen LogP contribution in [0.15, 0.2) is 47.4 Å². The lowest BCUT2D eigenvalue weighted by molar-refractivity contribution is -0.125. The average molecular weight is 491 g/mol. The molecule has 33 heavy (non-hydrogen) atoms. The molecule has 0 saturated carbocycles. The van der Waals surface area contributed by atoms with Gasteiger partial charge in [-0.3, -0.25) is 14.5 Å². The molecule has 2 amide bonds. The van der Waals surface area contributed by atoms with Gasteiger partial charge in [-0.1, -0.05) is 35.9 Å². The molecular formula is C23H27ClN4O4S. The van der Waals surface area contributed by atoms with Crippen LogP contribution in [0, 0.1) is 0 Å². The standard InChI is InChI=1S/C23H27ClN4O4S/c24-19-8-7-18(33(31,32)28-10-3-4-11-28)14-20(19)26-22(29)9-12-27-15-17-6-2-1-5-16(17)13-21(27)23(25)30/h1-2,5-8,14,21H,3-4,9-13,15H2,(H2,25,30)(H,26,29)/t21-/m0/s1. The van der Waals surface area contributed by atoms with Crippen LogP contribution in [0.1, 0.15) is 30.4 Å². The molecule has 2 aliphatic rings. The Bertz CT molecular complexity index is 1160. The normalized spacial score (nSPS) is 19.2. The van der Waals surface area contributed by atoms with Crippen LogP contribution in [0.3, 0.4) is 0 Å². The van der Waals surface area contributed by atoms with Crippen molar-refractivity contribution in [1.82, 2.24) is 9.21 Å². The second-order valence-electron chi connectivity index (χ2n) is 8.41. The van der Waals surface area contributed by atoms with Crippen molar-refractivity contribution in [3.8, 4) is 0 Å². The first-order valence-electron chi connectivity index (χ1n) is 11.0. The zero-order valence-corrected chi connectivity index (χ0v) is 19.7. The number of amides is 2. The van der Waals surface area contributed by atoms with E-state index in [9.17, 15) is 18.0 Å². The largest absolute Gasteiger partial charge is 0.368 e. The van der Waals surface area contributed by atoms with E-state index in [4.69, 9.17) is 17.3 Å². The number of carbonyl (C=O) groups excluding carboxylic acids is 2. The maximum Gasteiger partial charge on any atom is 0.243 e. The number of benzene rings is 2. The zero-order chi connectivity index (χ0) is 23.6. The molecule has 2 aromatic rings. The van der Waals surface area contributed by atoms with E-state index in [1.54, 1.807) is 0 Å². The maximum atomic E-state index is 12.8. The first-order valence-corrected chi connectivity index (χ1v) is 12.8. The molecule has 176 valence electrons. The predicted octanol–water partition coefficient (Wildman–Crippen LogP) is 2.37. The highest BCUT2D eigenvalue weighted by Gasteiger charge is 2.30. The molecule has 3 N–H and O–H groups in total. The van der Waals surface area contributed by atoms with E-state index in [0.717, 1.165) is 24.0 Å². The van der Waals surface area contributed by atoms with Gasteiger partial charge in [-0.2, -0.15) is 4.31 Å². The Balaban J connectivity index is 1.43. The molecular weight excluding hydrogens is 464 g/mol. The molecule has 0 aliphatic carbocycles. The highest BCUT2D eigenvalue weighted by molar-refractivity contribution is 7.89. The van der Waals surface area contributed by atoms with Crippen LogP contribution in [-0.4, -0.2) is 55.1 Å². The number of primary amides is 1. The fourth-order valence-corrected chi connectivity index (χ4v) is 6.10. The number of sulfonamides is 1. The van der Waals surface area contributed by atoms with Crippen LogP contribution in [-0.2, 0) is 32.6 Å². The van der Waals surface area contributed by atoms with E-state index < -0.39 is 22.0 Å². The summed E-state index contributed by atoms with van der Waals surface area (Å²) in [6.07, 6.45) is 2.29. The van der Waals surface area contributed by atoms with E-state index in [1.165, 1.54) is 22.5 Å². The van der Waals surface area contributed by atoms with Gasteiger partial charge in [0.1, 0.15) is 0 Å². The second-order valence-corrected chi connectivity index (χ2v) is 10.8. The summed E-state index contributed by atoms with van der Waals surface area (Å²) in [5.41, 5.74) is 8.06. The lowest BCUT2D eigenvalue weighted by Gasteiger charge is -2.34. The summed E-state index contributed by atoms with van der Waals surface area (Å²) in [6.45, 7) is 1.85. The van der Waals surface area contributed by atoms with Crippen molar-refractivity contribution in [2.75, 3.05) is 25.0 Å². The van der Waals surface area contributed by atoms with Crippen molar-refractivity contribution >= 4 is 39.1 Å². The maximum absolute atomic E-state index is 12.8. The Kier molecular flexibility index (Phi) is 7.04. The zero-order valence-electron chi connectivity index (χ0n) is 18.2. The third-order valence-corrected chi connectivity index (χ3v) is 8.44. The number of rotatable bonds is 7. The molecule has 1 atom stereocenters. The summed E-state index contributed by atoms with van der Waals surface area (Å²) < 4.78 is 27.1. The minimum Gasteiger partial charge on any atom is -0.368 e. The molecule has 2 aromatic carbocycles. The van der Waals surface area contributed by atoms with Gasteiger partial charge in [0.25, 0.3) is 0 Å². The number of anilines is 1. The van der Waals surface area contributed by atoms with Crippen LogP contribution < -0.4 is 11.1 Å². The summed E-state index contributed by atoms with van der Waals surface area (Å²) in [5, 5.41) is 2.97. The Morgan fingerprint density at radius 2 is 1.79 bits per heavy atom. The second kappa shape index (κ2) is 9.80. The van der Waals surface area contributed by atoms with Gasteiger partial charge in [0, 0.05) is 32.6 Å². The number of nitrogens with one attached hydrogen (secondary N) is 1. The Hall–Kier alpha value is -2.46. The van der Waals surface area contributed by atoms with Crippen LogP contribution >= 0.6 is 11.6 Å². The molecule has 0 radical (unpaired) electrons. The van der Waals surface area contributed by atoms with Gasteiger partial charge in [0.15, 0.2) is 0 Å². The third-order valence-electron chi connectivity index (χ3n) is 6.22. The van der Waals surface area contributed by atoms with Gasteiger partial charge in [-0.05, 0) is 48.6 Å². The van der Waals surface area contributed by atoms with E-state index in [2.05, 4.69) is 5.32 Å². The summed E-state index contributed by atoms with van der Waals surface area (Å²) in [5.74, 6) is -0.748. The highest BCUT2D eigenvalue weighted by Crippen LogP contribution is 2.29. The summed E-state index contributed by atoms with van der Waals surface area (Å²) in [7, 11) is -3.62. The van der Waals surface area contributed by atoms with E-state index in [1.807, 2.05) is 29.2 Å². The number of halogens is 1. The predicted molar refractivity (Wildman–Crippen MR) is 126 cm³/mol. The molecule has 10 heteroatoms. The van der Waals surface area contributed by atoms with Crippen molar-refractivity contribution in [1.29, 1.82) is 0 Å². The number of hydrogen-bond acceptors (Lipinski definition) is 5. The molecule has 0 spiro atoms. The monoisotopic (exact) mass is 490 g/mol. The SMILES string of the molecule is NC(=O)[C@@H]1Cc2ccccc2CN1CCC(=O)Nc1cc(S(=O)(=O)N2CCCC2)ccc1Cl. The van der Waals surface area contributed by atoms with Crippen LogP contribution in [0.4, 0.5) is 5.69 Å². The molecule has 1 fully saturated rings. The van der Waals surface area contributed by atoms with Crippen LogP contribution in [0.2, 0.25) is 5.02 Å². The van der Waals surface area contributed by atoms with Gasteiger partial charge in [0.05, 0.1) is 21.6 Å². The number of nitrogens with zero attached hydrogens (tertiary/aromatic N) is 2. The molecule has 1 saturated heterocycles. The van der Waals surface area contributed by atoms with Crippen LogP contribution in [0.5, 0.6) is 0 Å². The molecule has 2 heterocycles. The number of carbonyl (C=O) groups is 2. The first kappa shape index (κ1) is 23.7. The van der Waals surface area contributed by atoms with E-state index in [0.29, 0.717) is 32.6 Å². The topological polar surface area (TPSA) is 113 Å². The lowest BCUT2D eigenvalue weighted by Crippen LogP contribution is -2.49. The average Bonchev–Trinajstić information content (AvgIpc) is 3.34. The van der Waals surface area contributed by atoms with Gasteiger partial charge in [0.2, 0.25) is 21.8 Å². The summed E-state index contributed by atoms with van der Waals surface area (Å²) in [6, 6.07) is 11.7. The summed E-state index contributed by atoms with van der Waals surface area (Å²) >= 11 is 6.23. The van der Waals surface area contributed by atoms with Crippen LogP contribution in [0.25, 0.3) is 0 Å². The Labute approximate surface area is 198 Å². The lowest BCUT2D eigenvalue weighted by atomic mass is 9.93. The fraction of sp³-hybridized carbons (Fsp3) is 0.391.